The van der Waals surface area contributed by atoms with Gasteiger partial charge in [0.05, 0.1) is 17.8 Å². The molecule has 0 spiro atoms. The Balaban J connectivity index is 1.52. The van der Waals surface area contributed by atoms with Crippen LogP contribution in [0.15, 0.2) is 36.5 Å². The van der Waals surface area contributed by atoms with Crippen LogP contribution in [0.5, 0.6) is 5.88 Å². The van der Waals surface area contributed by atoms with Gasteiger partial charge in [0.1, 0.15) is 5.82 Å². The number of aromatic nitrogens is 1. The van der Waals surface area contributed by atoms with E-state index in [0.29, 0.717) is 29.5 Å². The SMILES string of the molecule is CC(O)(CNC(=O)c1cnc(OCC2CC2)c(-c2ccc(F)cc2)c1)C1CCC1. The van der Waals surface area contributed by atoms with Gasteiger partial charge in [0, 0.05) is 18.3 Å². The number of nitrogens with zero attached hydrogens (tertiary/aromatic N) is 1. The fraction of sp³-hybridized carbons (Fsp3) is 0.478. The van der Waals surface area contributed by atoms with Gasteiger partial charge in [-0.1, -0.05) is 18.6 Å². The lowest BCUT2D eigenvalue weighted by molar-refractivity contribution is -0.0318. The van der Waals surface area contributed by atoms with Gasteiger partial charge < -0.3 is 15.2 Å². The van der Waals surface area contributed by atoms with Gasteiger partial charge in [-0.15, -0.1) is 0 Å². The summed E-state index contributed by atoms with van der Waals surface area (Å²) < 4.78 is 19.2. The Kier molecular flexibility index (Phi) is 5.54. The molecule has 1 atom stereocenters. The van der Waals surface area contributed by atoms with Crippen LogP contribution in [0.1, 0.15) is 49.4 Å². The molecule has 0 bridgehead atoms. The summed E-state index contributed by atoms with van der Waals surface area (Å²) in [5.74, 6) is 0.619. The second-order valence-electron chi connectivity index (χ2n) is 8.51. The van der Waals surface area contributed by atoms with Crippen molar-refractivity contribution in [2.24, 2.45) is 11.8 Å². The third-order valence-electron chi connectivity index (χ3n) is 6.01. The highest BCUT2D eigenvalue weighted by atomic mass is 19.1. The summed E-state index contributed by atoms with van der Waals surface area (Å²) >= 11 is 0. The van der Waals surface area contributed by atoms with Gasteiger partial charge in [-0.05, 0) is 68.2 Å². The topological polar surface area (TPSA) is 71.5 Å². The summed E-state index contributed by atoms with van der Waals surface area (Å²) in [6, 6.07) is 7.78. The van der Waals surface area contributed by atoms with Gasteiger partial charge in [-0.25, -0.2) is 9.37 Å². The van der Waals surface area contributed by atoms with Gasteiger partial charge in [-0.3, -0.25) is 4.79 Å². The van der Waals surface area contributed by atoms with Crippen LogP contribution in [0, 0.1) is 17.7 Å². The molecule has 1 unspecified atom stereocenters. The number of carbonyl (C=O) groups excluding carboxylic acids is 1. The van der Waals surface area contributed by atoms with Crippen LogP contribution in [0.2, 0.25) is 0 Å². The molecule has 5 nitrogen and oxygen atoms in total. The molecule has 2 aliphatic rings. The van der Waals surface area contributed by atoms with E-state index in [1.54, 1.807) is 25.1 Å². The maximum atomic E-state index is 13.3. The Morgan fingerprint density at radius 1 is 1.28 bits per heavy atom. The van der Waals surface area contributed by atoms with Crippen LogP contribution in [0.25, 0.3) is 11.1 Å². The summed E-state index contributed by atoms with van der Waals surface area (Å²) in [4.78, 5) is 17.0. The molecule has 2 aliphatic carbocycles. The Bertz CT molecular complexity index is 874. The maximum Gasteiger partial charge on any atom is 0.252 e. The van der Waals surface area contributed by atoms with E-state index in [-0.39, 0.29) is 24.2 Å². The zero-order valence-corrected chi connectivity index (χ0v) is 16.7. The van der Waals surface area contributed by atoms with E-state index in [1.165, 1.54) is 18.3 Å². The average molecular weight is 398 g/mol. The Labute approximate surface area is 170 Å². The molecule has 29 heavy (non-hydrogen) atoms. The van der Waals surface area contributed by atoms with Crippen molar-refractivity contribution in [3.63, 3.8) is 0 Å². The Morgan fingerprint density at radius 2 is 2.00 bits per heavy atom. The van der Waals surface area contributed by atoms with E-state index < -0.39 is 5.60 Å². The lowest BCUT2D eigenvalue weighted by Gasteiger charge is -2.38. The van der Waals surface area contributed by atoms with Crippen LogP contribution in [-0.2, 0) is 0 Å². The molecule has 0 saturated heterocycles. The number of amides is 1. The van der Waals surface area contributed by atoms with Crippen LogP contribution in [0.3, 0.4) is 0 Å². The molecular formula is C23H27FN2O3. The van der Waals surface area contributed by atoms with E-state index in [1.807, 2.05) is 0 Å². The molecule has 0 radical (unpaired) electrons. The van der Waals surface area contributed by atoms with Crippen molar-refractivity contribution >= 4 is 5.91 Å². The first kappa shape index (κ1) is 19.8. The normalized spacial score (nSPS) is 18.6. The standard InChI is InChI=1S/C23H27FN2O3/c1-23(28,18-3-2-4-18)14-26-21(27)17-11-20(16-7-9-19(24)10-8-16)22(25-12-17)29-13-15-5-6-15/h7-12,15,18,28H,2-6,13-14H2,1H3,(H,26,27). The monoisotopic (exact) mass is 398 g/mol. The summed E-state index contributed by atoms with van der Waals surface area (Å²) in [7, 11) is 0. The van der Waals surface area contributed by atoms with Crippen molar-refractivity contribution in [2.75, 3.05) is 13.2 Å². The van der Waals surface area contributed by atoms with Crippen LogP contribution in [-0.4, -0.2) is 34.8 Å². The zero-order chi connectivity index (χ0) is 20.4. The number of carbonyl (C=O) groups is 1. The second-order valence-corrected chi connectivity index (χ2v) is 8.51. The van der Waals surface area contributed by atoms with Crippen molar-refractivity contribution in [3.8, 4) is 17.0 Å². The largest absolute Gasteiger partial charge is 0.477 e. The molecule has 1 amide bonds. The van der Waals surface area contributed by atoms with Crippen molar-refractivity contribution in [2.45, 2.75) is 44.6 Å². The minimum absolute atomic E-state index is 0.197. The zero-order valence-electron chi connectivity index (χ0n) is 16.7. The maximum absolute atomic E-state index is 13.3. The fourth-order valence-electron chi connectivity index (χ4n) is 3.54. The highest BCUT2D eigenvalue weighted by Crippen LogP contribution is 2.36. The molecular weight excluding hydrogens is 371 g/mol. The van der Waals surface area contributed by atoms with Crippen LogP contribution < -0.4 is 10.1 Å². The predicted molar refractivity (Wildman–Crippen MR) is 108 cm³/mol. The third kappa shape index (κ3) is 4.75. The predicted octanol–water partition coefficient (Wildman–Crippen LogP) is 3.96. The molecule has 1 aromatic heterocycles. The van der Waals surface area contributed by atoms with Gasteiger partial charge >= 0.3 is 0 Å². The smallest absolute Gasteiger partial charge is 0.252 e. The number of hydrogen-bond acceptors (Lipinski definition) is 4. The molecule has 6 heteroatoms. The van der Waals surface area contributed by atoms with Crippen LogP contribution >= 0.6 is 0 Å². The van der Waals surface area contributed by atoms with E-state index in [4.69, 9.17) is 4.74 Å². The van der Waals surface area contributed by atoms with Crippen molar-refractivity contribution in [1.29, 1.82) is 0 Å². The minimum atomic E-state index is -0.908. The number of rotatable bonds is 8. The third-order valence-corrected chi connectivity index (χ3v) is 6.01. The first-order chi connectivity index (χ1) is 13.9. The second kappa shape index (κ2) is 8.11. The van der Waals surface area contributed by atoms with E-state index >= 15 is 0 Å². The molecule has 2 saturated carbocycles. The minimum Gasteiger partial charge on any atom is -0.477 e. The summed E-state index contributed by atoms with van der Waals surface area (Å²) in [5.41, 5.74) is 0.867. The number of benzene rings is 1. The van der Waals surface area contributed by atoms with E-state index in [0.717, 1.165) is 37.7 Å². The molecule has 2 fully saturated rings. The number of halogens is 1. The van der Waals surface area contributed by atoms with Crippen molar-refractivity contribution in [3.05, 3.63) is 47.9 Å². The lowest BCUT2D eigenvalue weighted by atomic mass is 9.73. The first-order valence-corrected chi connectivity index (χ1v) is 10.3. The Morgan fingerprint density at radius 3 is 2.62 bits per heavy atom. The molecule has 0 aliphatic heterocycles. The number of ether oxygens (including phenoxy) is 1. The number of aliphatic hydroxyl groups is 1. The van der Waals surface area contributed by atoms with Gasteiger partial charge in [0.15, 0.2) is 0 Å². The highest BCUT2D eigenvalue weighted by Gasteiger charge is 2.36. The Hall–Kier alpha value is -2.47. The molecule has 154 valence electrons. The first-order valence-electron chi connectivity index (χ1n) is 10.3. The highest BCUT2D eigenvalue weighted by molar-refractivity contribution is 5.95. The van der Waals surface area contributed by atoms with Crippen LogP contribution in [0.4, 0.5) is 4.39 Å². The summed E-state index contributed by atoms with van der Waals surface area (Å²) in [5, 5.41) is 13.4. The average Bonchev–Trinajstić information content (AvgIpc) is 3.48. The van der Waals surface area contributed by atoms with Crippen molar-refractivity contribution in [1.82, 2.24) is 10.3 Å². The van der Waals surface area contributed by atoms with E-state index in [9.17, 15) is 14.3 Å². The molecule has 1 heterocycles. The molecule has 1 aromatic carbocycles. The number of pyridine rings is 1. The molecule has 2 N–H and O–H groups in total. The summed E-state index contributed by atoms with van der Waals surface area (Å²) in [6.07, 6.45) is 6.92. The summed E-state index contributed by atoms with van der Waals surface area (Å²) in [6.45, 7) is 2.56. The molecule has 4 rings (SSSR count). The lowest BCUT2D eigenvalue weighted by Crippen LogP contribution is -2.48. The quantitative estimate of drug-likeness (QED) is 0.706. The number of hydrogen-bond donors (Lipinski definition) is 2. The number of nitrogens with one attached hydrogen (secondary N) is 1. The van der Waals surface area contributed by atoms with Crippen molar-refractivity contribution < 1.29 is 19.0 Å². The fourth-order valence-corrected chi connectivity index (χ4v) is 3.54. The van der Waals surface area contributed by atoms with Gasteiger partial charge in [0.2, 0.25) is 5.88 Å². The van der Waals surface area contributed by atoms with Gasteiger partial charge in [-0.2, -0.15) is 0 Å². The van der Waals surface area contributed by atoms with Gasteiger partial charge in [0.25, 0.3) is 5.91 Å². The van der Waals surface area contributed by atoms with E-state index in [2.05, 4.69) is 10.3 Å². The molecule has 2 aromatic rings.